The van der Waals surface area contributed by atoms with Crippen molar-refractivity contribution in [3.8, 4) is 5.75 Å². The number of nitrogens with one attached hydrogen (secondary N) is 1. The molecular weight excluding hydrogens is 245 g/mol. The summed E-state index contributed by atoms with van der Waals surface area (Å²) in [5.41, 5.74) is 0. The fourth-order valence-corrected chi connectivity index (χ4v) is 1.49. The summed E-state index contributed by atoms with van der Waals surface area (Å²) in [6.45, 7) is 6.81. The number of benzene rings is 1. The molecule has 0 heterocycles. The molecule has 0 fully saturated rings. The van der Waals surface area contributed by atoms with Crippen LogP contribution in [0.4, 0.5) is 0 Å². The Kier molecular flexibility index (Phi) is 5.96. The standard InChI is InChI=1S/C12H17Cl2NO/c1-9(2)8-15-5-6-16-10-3-4-11(13)12(14)7-10/h3-4,7,9,15H,5-6,8H2,1-2H3. The van der Waals surface area contributed by atoms with E-state index < -0.39 is 0 Å². The monoisotopic (exact) mass is 261 g/mol. The number of hydrogen-bond donors (Lipinski definition) is 1. The molecule has 90 valence electrons. The van der Waals surface area contributed by atoms with Crippen molar-refractivity contribution in [3.63, 3.8) is 0 Å². The summed E-state index contributed by atoms with van der Waals surface area (Å²) in [6, 6.07) is 5.28. The van der Waals surface area contributed by atoms with Crippen LogP contribution in [0.2, 0.25) is 10.0 Å². The van der Waals surface area contributed by atoms with Crippen molar-refractivity contribution in [2.75, 3.05) is 19.7 Å². The van der Waals surface area contributed by atoms with Gasteiger partial charge in [0, 0.05) is 12.6 Å². The van der Waals surface area contributed by atoms with Gasteiger partial charge in [-0.15, -0.1) is 0 Å². The highest BCUT2D eigenvalue weighted by atomic mass is 35.5. The van der Waals surface area contributed by atoms with Crippen LogP contribution in [0.5, 0.6) is 5.75 Å². The minimum Gasteiger partial charge on any atom is -0.492 e. The predicted octanol–water partition coefficient (Wildman–Crippen LogP) is 3.62. The maximum Gasteiger partial charge on any atom is 0.120 e. The zero-order chi connectivity index (χ0) is 12.0. The summed E-state index contributed by atoms with van der Waals surface area (Å²) in [4.78, 5) is 0. The van der Waals surface area contributed by atoms with E-state index >= 15 is 0 Å². The van der Waals surface area contributed by atoms with Crippen LogP contribution in [0.15, 0.2) is 18.2 Å². The quantitative estimate of drug-likeness (QED) is 0.790. The van der Waals surface area contributed by atoms with E-state index in [4.69, 9.17) is 27.9 Å². The van der Waals surface area contributed by atoms with Crippen LogP contribution in [-0.2, 0) is 0 Å². The maximum absolute atomic E-state index is 5.87. The van der Waals surface area contributed by atoms with Gasteiger partial charge in [-0.1, -0.05) is 37.0 Å². The second-order valence-electron chi connectivity index (χ2n) is 4.02. The van der Waals surface area contributed by atoms with Crippen molar-refractivity contribution >= 4 is 23.2 Å². The predicted molar refractivity (Wildman–Crippen MR) is 69.7 cm³/mol. The van der Waals surface area contributed by atoms with E-state index in [2.05, 4.69) is 19.2 Å². The minimum atomic E-state index is 0.523. The molecule has 0 bridgehead atoms. The maximum atomic E-state index is 5.87. The largest absolute Gasteiger partial charge is 0.492 e. The summed E-state index contributed by atoms with van der Waals surface area (Å²) >= 11 is 11.7. The molecule has 0 radical (unpaired) electrons. The van der Waals surface area contributed by atoms with Gasteiger partial charge in [-0.05, 0) is 24.6 Å². The van der Waals surface area contributed by atoms with Crippen LogP contribution in [0.3, 0.4) is 0 Å². The summed E-state index contributed by atoms with van der Waals surface area (Å²) < 4.78 is 5.52. The highest BCUT2D eigenvalue weighted by molar-refractivity contribution is 6.42. The lowest BCUT2D eigenvalue weighted by Crippen LogP contribution is -2.24. The van der Waals surface area contributed by atoms with Gasteiger partial charge in [0.05, 0.1) is 10.0 Å². The number of halogens is 2. The van der Waals surface area contributed by atoms with Crippen LogP contribution >= 0.6 is 23.2 Å². The van der Waals surface area contributed by atoms with E-state index in [0.29, 0.717) is 22.6 Å². The third-order valence-corrected chi connectivity index (χ3v) is 2.73. The van der Waals surface area contributed by atoms with E-state index in [0.717, 1.165) is 18.8 Å². The van der Waals surface area contributed by atoms with Crippen LogP contribution in [0.1, 0.15) is 13.8 Å². The highest BCUT2D eigenvalue weighted by Gasteiger charge is 2.00. The molecule has 0 atom stereocenters. The molecule has 4 heteroatoms. The Morgan fingerprint density at radius 3 is 2.62 bits per heavy atom. The summed E-state index contributed by atoms with van der Waals surface area (Å²) in [6.07, 6.45) is 0. The van der Waals surface area contributed by atoms with E-state index in [-0.39, 0.29) is 0 Å². The summed E-state index contributed by atoms with van der Waals surface area (Å²) in [7, 11) is 0. The van der Waals surface area contributed by atoms with Crippen molar-refractivity contribution in [2.45, 2.75) is 13.8 Å². The normalized spacial score (nSPS) is 10.8. The third-order valence-electron chi connectivity index (χ3n) is 1.99. The molecule has 0 aliphatic heterocycles. The zero-order valence-electron chi connectivity index (χ0n) is 9.59. The van der Waals surface area contributed by atoms with Crippen LogP contribution < -0.4 is 10.1 Å². The van der Waals surface area contributed by atoms with Crippen molar-refractivity contribution < 1.29 is 4.74 Å². The lowest BCUT2D eigenvalue weighted by Gasteiger charge is -2.09. The van der Waals surface area contributed by atoms with Gasteiger partial charge < -0.3 is 10.1 Å². The lowest BCUT2D eigenvalue weighted by atomic mass is 10.2. The molecule has 1 N–H and O–H groups in total. The highest BCUT2D eigenvalue weighted by Crippen LogP contribution is 2.26. The molecule has 1 aromatic carbocycles. The van der Waals surface area contributed by atoms with E-state index in [1.807, 2.05) is 6.07 Å². The molecule has 0 unspecified atom stereocenters. The van der Waals surface area contributed by atoms with E-state index in [9.17, 15) is 0 Å². The van der Waals surface area contributed by atoms with E-state index in [1.54, 1.807) is 12.1 Å². The minimum absolute atomic E-state index is 0.523. The van der Waals surface area contributed by atoms with Crippen molar-refractivity contribution in [1.29, 1.82) is 0 Å². The number of hydrogen-bond acceptors (Lipinski definition) is 2. The molecule has 0 amide bonds. The second-order valence-corrected chi connectivity index (χ2v) is 4.84. The van der Waals surface area contributed by atoms with Gasteiger partial charge in [0.15, 0.2) is 0 Å². The summed E-state index contributed by atoms with van der Waals surface area (Å²) in [5, 5.41) is 4.37. The SMILES string of the molecule is CC(C)CNCCOc1ccc(Cl)c(Cl)c1. The van der Waals surface area contributed by atoms with Gasteiger partial charge in [-0.3, -0.25) is 0 Å². The first-order valence-electron chi connectivity index (χ1n) is 5.38. The molecule has 0 saturated carbocycles. The Balaban J connectivity index is 2.24. The zero-order valence-corrected chi connectivity index (χ0v) is 11.1. The molecule has 0 spiro atoms. The van der Waals surface area contributed by atoms with Crippen molar-refractivity contribution in [3.05, 3.63) is 28.2 Å². The molecule has 0 aromatic heterocycles. The first-order chi connectivity index (χ1) is 7.59. The molecule has 0 saturated heterocycles. The Hall–Kier alpha value is -0.440. The van der Waals surface area contributed by atoms with E-state index in [1.165, 1.54) is 0 Å². The fourth-order valence-electron chi connectivity index (χ4n) is 1.20. The second kappa shape index (κ2) is 7.00. The molecule has 0 aliphatic rings. The smallest absolute Gasteiger partial charge is 0.120 e. The van der Waals surface area contributed by atoms with Gasteiger partial charge in [0.1, 0.15) is 12.4 Å². The average molecular weight is 262 g/mol. The fraction of sp³-hybridized carbons (Fsp3) is 0.500. The molecule has 16 heavy (non-hydrogen) atoms. The van der Waals surface area contributed by atoms with Gasteiger partial charge in [0.2, 0.25) is 0 Å². The molecule has 0 aliphatic carbocycles. The summed E-state index contributed by atoms with van der Waals surface area (Å²) in [5.74, 6) is 1.41. The topological polar surface area (TPSA) is 21.3 Å². The van der Waals surface area contributed by atoms with Gasteiger partial charge in [0.25, 0.3) is 0 Å². The van der Waals surface area contributed by atoms with Gasteiger partial charge in [-0.25, -0.2) is 0 Å². The molecule has 1 aromatic rings. The number of rotatable bonds is 6. The van der Waals surface area contributed by atoms with Crippen LogP contribution in [-0.4, -0.2) is 19.7 Å². The van der Waals surface area contributed by atoms with Crippen LogP contribution in [0.25, 0.3) is 0 Å². The lowest BCUT2D eigenvalue weighted by molar-refractivity contribution is 0.311. The molecule has 2 nitrogen and oxygen atoms in total. The average Bonchev–Trinajstić information content (AvgIpc) is 2.22. The van der Waals surface area contributed by atoms with Crippen molar-refractivity contribution in [2.24, 2.45) is 5.92 Å². The number of ether oxygens (including phenoxy) is 1. The first kappa shape index (κ1) is 13.6. The Morgan fingerprint density at radius 1 is 1.25 bits per heavy atom. The van der Waals surface area contributed by atoms with Crippen molar-refractivity contribution in [1.82, 2.24) is 5.32 Å². The van der Waals surface area contributed by atoms with Gasteiger partial charge >= 0.3 is 0 Å². The molecular formula is C12H17Cl2NO. The molecule has 1 rings (SSSR count). The Bertz CT molecular complexity index is 329. The Morgan fingerprint density at radius 2 is 2.00 bits per heavy atom. The van der Waals surface area contributed by atoms with Gasteiger partial charge in [-0.2, -0.15) is 0 Å². The third kappa shape index (κ3) is 5.06. The first-order valence-corrected chi connectivity index (χ1v) is 6.13. The van der Waals surface area contributed by atoms with Crippen LogP contribution in [0, 0.1) is 5.92 Å². The Labute approximate surface area is 107 Å².